The number of alkyl halides is 3. The summed E-state index contributed by atoms with van der Waals surface area (Å²) in [4.78, 5) is 1.97. The number of halogens is 3. The number of rotatable bonds is 3. The van der Waals surface area contributed by atoms with Gasteiger partial charge in [-0.25, -0.2) is 13.1 Å². The first-order chi connectivity index (χ1) is 14.1. The normalized spacial score (nSPS) is 14.2. The Morgan fingerprint density at radius 3 is 2.43 bits per heavy atom. The average molecular weight is 436 g/mol. The Kier molecular flexibility index (Phi) is 4.86. The quantitative estimate of drug-likeness (QED) is 0.680. The van der Waals surface area contributed by atoms with E-state index in [1.165, 1.54) is 25.2 Å². The van der Waals surface area contributed by atoms with Crippen LogP contribution in [0.3, 0.4) is 0 Å². The second-order valence-electron chi connectivity index (χ2n) is 7.01. The van der Waals surface area contributed by atoms with E-state index >= 15 is 0 Å². The fraction of sp³-hybridized carbons (Fsp3) is 0.250. The molecule has 0 saturated carbocycles. The summed E-state index contributed by atoms with van der Waals surface area (Å²) in [6.45, 7) is 0.509. The van der Waals surface area contributed by atoms with E-state index in [1.54, 1.807) is 23.9 Å². The van der Waals surface area contributed by atoms with Gasteiger partial charge in [0.25, 0.3) is 0 Å². The predicted octanol–water partition coefficient (Wildman–Crippen LogP) is 3.71. The van der Waals surface area contributed by atoms with Gasteiger partial charge in [-0.1, -0.05) is 0 Å². The van der Waals surface area contributed by atoms with Crippen LogP contribution in [0, 0.1) is 0 Å². The zero-order valence-electron chi connectivity index (χ0n) is 16.2. The summed E-state index contributed by atoms with van der Waals surface area (Å²) in [5.74, 6) is 0. The fourth-order valence-electron chi connectivity index (χ4n) is 3.62. The van der Waals surface area contributed by atoms with Gasteiger partial charge in [-0.15, -0.1) is 0 Å². The standard InChI is InChI=1S/C20H19F3N4O2S/c1-24-30(28,29)16-7-8-18-17(11-16)19-13(12-26(2)25-19)9-10-27(18)15-5-3-14(4-6-15)20(21,22)23/h3-8,11-12,24H,9-10H2,1-2H3. The van der Waals surface area contributed by atoms with Gasteiger partial charge in [0.15, 0.2) is 0 Å². The van der Waals surface area contributed by atoms with Crippen LogP contribution >= 0.6 is 0 Å². The lowest BCUT2D eigenvalue weighted by Gasteiger charge is -2.26. The Morgan fingerprint density at radius 2 is 1.80 bits per heavy atom. The van der Waals surface area contributed by atoms with Crippen molar-refractivity contribution in [1.82, 2.24) is 14.5 Å². The van der Waals surface area contributed by atoms with E-state index in [-0.39, 0.29) is 4.90 Å². The molecule has 0 atom stereocenters. The molecule has 1 N–H and O–H groups in total. The van der Waals surface area contributed by atoms with Gasteiger partial charge in [0, 0.05) is 31.0 Å². The Bertz CT molecular complexity index is 1200. The largest absolute Gasteiger partial charge is 0.416 e. The topological polar surface area (TPSA) is 67.2 Å². The molecule has 30 heavy (non-hydrogen) atoms. The number of sulfonamides is 1. The molecule has 1 aliphatic rings. The molecule has 0 fully saturated rings. The van der Waals surface area contributed by atoms with Crippen molar-refractivity contribution in [3.8, 4) is 11.3 Å². The van der Waals surface area contributed by atoms with E-state index in [0.717, 1.165) is 17.7 Å². The zero-order valence-corrected chi connectivity index (χ0v) is 17.0. The molecule has 4 rings (SSSR count). The molecule has 3 aromatic rings. The van der Waals surface area contributed by atoms with Crippen molar-refractivity contribution in [2.24, 2.45) is 7.05 Å². The summed E-state index contributed by atoms with van der Waals surface area (Å²) in [6, 6.07) is 9.64. The number of aromatic nitrogens is 2. The van der Waals surface area contributed by atoms with E-state index in [4.69, 9.17) is 0 Å². The van der Waals surface area contributed by atoms with E-state index in [9.17, 15) is 21.6 Å². The average Bonchev–Trinajstić information content (AvgIpc) is 3.01. The first-order valence-corrected chi connectivity index (χ1v) is 10.6. The molecule has 1 aromatic heterocycles. The molecule has 0 saturated heterocycles. The highest BCUT2D eigenvalue weighted by Crippen LogP contribution is 2.41. The summed E-state index contributed by atoms with van der Waals surface area (Å²) in [5, 5.41) is 4.50. The highest BCUT2D eigenvalue weighted by Gasteiger charge is 2.31. The lowest BCUT2D eigenvalue weighted by Crippen LogP contribution is -2.21. The number of hydrogen-bond acceptors (Lipinski definition) is 4. The second-order valence-corrected chi connectivity index (χ2v) is 8.90. The third-order valence-electron chi connectivity index (χ3n) is 5.11. The number of benzene rings is 2. The number of fused-ring (bicyclic) bond motifs is 3. The molecule has 158 valence electrons. The smallest absolute Gasteiger partial charge is 0.341 e. The van der Waals surface area contributed by atoms with Crippen LogP contribution in [0.1, 0.15) is 11.1 Å². The molecule has 6 nitrogen and oxygen atoms in total. The highest BCUT2D eigenvalue weighted by molar-refractivity contribution is 7.89. The minimum Gasteiger partial charge on any atom is -0.341 e. The fourth-order valence-corrected chi connectivity index (χ4v) is 4.38. The van der Waals surface area contributed by atoms with E-state index < -0.39 is 21.8 Å². The lowest BCUT2D eigenvalue weighted by atomic mass is 10.1. The third-order valence-corrected chi connectivity index (χ3v) is 6.52. The van der Waals surface area contributed by atoms with E-state index in [1.807, 2.05) is 11.1 Å². The van der Waals surface area contributed by atoms with E-state index in [2.05, 4.69) is 9.82 Å². The number of hydrogen-bond donors (Lipinski definition) is 1. The predicted molar refractivity (Wildman–Crippen MR) is 107 cm³/mol. The summed E-state index contributed by atoms with van der Waals surface area (Å²) < 4.78 is 67.4. The number of anilines is 2. The monoisotopic (exact) mass is 436 g/mol. The molecule has 0 radical (unpaired) electrons. The second kappa shape index (κ2) is 7.13. The van der Waals surface area contributed by atoms with Gasteiger partial charge in [0.05, 0.1) is 21.8 Å². The van der Waals surface area contributed by atoms with Crippen molar-refractivity contribution < 1.29 is 21.6 Å². The minimum absolute atomic E-state index is 0.0922. The summed E-state index contributed by atoms with van der Waals surface area (Å²) >= 11 is 0. The molecule has 1 aliphatic heterocycles. The van der Waals surface area contributed by atoms with Gasteiger partial charge in [-0.3, -0.25) is 4.68 Å². The molecular formula is C20H19F3N4O2S. The van der Waals surface area contributed by atoms with Gasteiger partial charge in [0.1, 0.15) is 0 Å². The van der Waals surface area contributed by atoms with Crippen LogP contribution in [0.5, 0.6) is 0 Å². The van der Waals surface area contributed by atoms with Crippen molar-refractivity contribution >= 4 is 21.4 Å². The van der Waals surface area contributed by atoms with Gasteiger partial charge < -0.3 is 4.90 Å². The SMILES string of the molecule is CNS(=O)(=O)c1ccc2c(c1)-c1nn(C)cc1CCN2c1ccc(C(F)(F)F)cc1. The molecule has 0 spiro atoms. The zero-order chi connectivity index (χ0) is 21.7. The maximum atomic E-state index is 12.9. The summed E-state index contributed by atoms with van der Waals surface area (Å²) in [7, 11) is -0.549. The van der Waals surface area contributed by atoms with Crippen LogP contribution in [0.2, 0.25) is 0 Å². The van der Waals surface area contributed by atoms with Crippen LogP contribution < -0.4 is 9.62 Å². The molecular weight excluding hydrogens is 417 g/mol. The number of nitrogens with zero attached hydrogens (tertiary/aromatic N) is 3. The van der Waals surface area contributed by atoms with Gasteiger partial charge in [-0.2, -0.15) is 18.3 Å². The summed E-state index contributed by atoms with van der Waals surface area (Å²) in [5.41, 5.74) is 2.76. The Morgan fingerprint density at radius 1 is 1.10 bits per heavy atom. The van der Waals surface area contributed by atoms with Crippen molar-refractivity contribution in [1.29, 1.82) is 0 Å². The third kappa shape index (κ3) is 3.56. The molecule has 2 heterocycles. The van der Waals surface area contributed by atoms with Crippen LogP contribution in [0.25, 0.3) is 11.3 Å². The first-order valence-electron chi connectivity index (χ1n) is 9.15. The van der Waals surface area contributed by atoms with Crippen LogP contribution in [-0.2, 0) is 29.7 Å². The lowest BCUT2D eigenvalue weighted by molar-refractivity contribution is -0.137. The number of nitrogens with one attached hydrogen (secondary N) is 1. The van der Waals surface area contributed by atoms with Gasteiger partial charge in [-0.05, 0) is 61.5 Å². The molecule has 0 bridgehead atoms. The maximum Gasteiger partial charge on any atom is 0.416 e. The van der Waals surface area contributed by atoms with E-state index in [0.29, 0.717) is 35.6 Å². The van der Waals surface area contributed by atoms with Crippen molar-refractivity contribution in [3.05, 3.63) is 59.8 Å². The van der Waals surface area contributed by atoms with Crippen LogP contribution in [0.4, 0.5) is 24.5 Å². The van der Waals surface area contributed by atoms with Crippen molar-refractivity contribution in [2.45, 2.75) is 17.5 Å². The van der Waals surface area contributed by atoms with Crippen LogP contribution in [-0.4, -0.2) is 31.8 Å². The van der Waals surface area contributed by atoms with Crippen molar-refractivity contribution in [2.75, 3.05) is 18.5 Å². The molecule has 0 aliphatic carbocycles. The molecule has 0 amide bonds. The van der Waals surface area contributed by atoms with Gasteiger partial charge >= 0.3 is 6.18 Å². The minimum atomic E-state index is -4.41. The van der Waals surface area contributed by atoms with Crippen molar-refractivity contribution in [3.63, 3.8) is 0 Å². The molecule has 10 heteroatoms. The van der Waals surface area contributed by atoms with Gasteiger partial charge in [0.2, 0.25) is 10.0 Å². The van der Waals surface area contributed by atoms with Crippen LogP contribution in [0.15, 0.2) is 53.6 Å². The highest BCUT2D eigenvalue weighted by atomic mass is 32.2. The Labute approximate surface area is 172 Å². The summed E-state index contributed by atoms with van der Waals surface area (Å²) in [6.07, 6.45) is -1.94. The number of aryl methyl sites for hydroxylation is 1. The molecule has 0 unspecified atom stereocenters. The Balaban J connectivity index is 1.87. The maximum absolute atomic E-state index is 12.9. The Hall–Kier alpha value is -2.85. The first kappa shape index (κ1) is 20.4. The molecule has 2 aromatic carbocycles.